The van der Waals surface area contributed by atoms with Crippen LogP contribution < -0.4 is 5.32 Å². The molecule has 0 unspecified atom stereocenters. The molecule has 0 aliphatic carbocycles. The third kappa shape index (κ3) is 4.99. The van der Waals surface area contributed by atoms with Gasteiger partial charge in [0.1, 0.15) is 4.90 Å². The molecule has 32 heavy (non-hydrogen) atoms. The molecular formula is C19H19ClF2IN3O5S. The quantitative estimate of drug-likeness (QED) is 0.464. The first-order chi connectivity index (χ1) is 15.1. The van der Waals surface area contributed by atoms with E-state index in [1.54, 1.807) is 12.1 Å². The lowest BCUT2D eigenvalue weighted by Crippen LogP contribution is -2.51. The summed E-state index contributed by atoms with van der Waals surface area (Å²) < 4.78 is 63.3. The van der Waals surface area contributed by atoms with Crippen LogP contribution in [-0.4, -0.2) is 61.8 Å². The van der Waals surface area contributed by atoms with Gasteiger partial charge in [-0.2, -0.15) is 0 Å². The van der Waals surface area contributed by atoms with Gasteiger partial charge in [-0.3, -0.25) is 0 Å². The van der Waals surface area contributed by atoms with Gasteiger partial charge in [0.15, 0.2) is 11.6 Å². The average Bonchev–Trinajstić information content (AvgIpc) is 2.74. The normalized spacial score (nSPS) is 15.2. The van der Waals surface area contributed by atoms with E-state index in [0.717, 1.165) is 7.98 Å². The molecule has 13 heteroatoms. The van der Waals surface area contributed by atoms with Gasteiger partial charge >= 0.3 is 5.97 Å². The summed E-state index contributed by atoms with van der Waals surface area (Å²) in [6.45, 7) is 2.46. The van der Waals surface area contributed by atoms with Crippen LogP contribution in [0.1, 0.15) is 17.3 Å². The Morgan fingerprint density at radius 1 is 1.28 bits per heavy atom. The van der Waals surface area contributed by atoms with E-state index in [9.17, 15) is 18.3 Å². The molecule has 2 aromatic rings. The van der Waals surface area contributed by atoms with Gasteiger partial charge in [0, 0.05) is 23.2 Å². The summed E-state index contributed by atoms with van der Waals surface area (Å²) >= 11 is 8.10. The number of aromatic carboxylic acids is 1. The number of ether oxygens (including phenoxy) is 1. The van der Waals surface area contributed by atoms with E-state index in [-0.39, 0.29) is 43.6 Å². The molecule has 2 N–H and O–H groups in total. The van der Waals surface area contributed by atoms with Crippen molar-refractivity contribution in [3.05, 3.63) is 50.1 Å². The van der Waals surface area contributed by atoms with Crippen molar-refractivity contribution in [3.8, 4) is 0 Å². The zero-order chi connectivity index (χ0) is 23.6. The van der Waals surface area contributed by atoms with Gasteiger partial charge in [0.2, 0.25) is 0 Å². The highest BCUT2D eigenvalue weighted by Gasteiger charge is 2.35. The zero-order valence-corrected chi connectivity index (χ0v) is 20.5. The van der Waals surface area contributed by atoms with E-state index >= 15 is 8.78 Å². The highest BCUT2D eigenvalue weighted by molar-refractivity contribution is 14.1. The fourth-order valence-corrected chi connectivity index (χ4v) is 5.74. The summed E-state index contributed by atoms with van der Waals surface area (Å²) in [5.74, 6) is -4.97. The van der Waals surface area contributed by atoms with Crippen LogP contribution in [0.5, 0.6) is 0 Å². The third-order valence-corrected chi connectivity index (χ3v) is 7.60. The summed E-state index contributed by atoms with van der Waals surface area (Å²) in [4.78, 5) is 10.8. The third-order valence-electron chi connectivity index (χ3n) is 4.72. The van der Waals surface area contributed by atoms with E-state index in [4.69, 9.17) is 16.3 Å². The Balaban J connectivity index is 2.11. The molecule has 0 aromatic heterocycles. The van der Waals surface area contributed by atoms with Crippen molar-refractivity contribution in [1.29, 1.82) is 0 Å². The first kappa shape index (κ1) is 25.1. The minimum atomic E-state index is -4.59. The van der Waals surface area contributed by atoms with Gasteiger partial charge < -0.3 is 15.2 Å². The Morgan fingerprint density at radius 3 is 2.50 bits per heavy atom. The molecule has 0 radical (unpaired) electrons. The number of halogens is 4. The Morgan fingerprint density at radius 2 is 1.94 bits per heavy atom. The molecule has 1 aliphatic heterocycles. The number of carbonyl (C=O) groups is 1. The molecule has 0 amide bonds. The molecule has 174 valence electrons. The number of carboxylic acid groups (broad SMARTS) is 1. The summed E-state index contributed by atoms with van der Waals surface area (Å²) in [7, 11) is -4.59. The number of morpholine rings is 1. The minimum absolute atomic E-state index is 0.0654. The molecule has 0 spiro atoms. The lowest BCUT2D eigenvalue weighted by Gasteiger charge is -2.35. The fraction of sp³-hybridized carbons (Fsp3) is 0.316. The van der Waals surface area contributed by atoms with Gasteiger partial charge in [-0.25, -0.2) is 27.0 Å². The maximum Gasteiger partial charge on any atom is 0.337 e. The topological polar surface area (TPSA) is 99.2 Å². The smallest absolute Gasteiger partial charge is 0.337 e. The Hall–Kier alpha value is -1.58. The van der Waals surface area contributed by atoms with Gasteiger partial charge in [-0.15, -0.1) is 4.41 Å². The number of benzene rings is 2. The van der Waals surface area contributed by atoms with Crippen LogP contribution in [0.25, 0.3) is 0 Å². The van der Waals surface area contributed by atoms with Crippen molar-refractivity contribution < 1.29 is 31.8 Å². The monoisotopic (exact) mass is 601 g/mol. The predicted molar refractivity (Wildman–Crippen MR) is 123 cm³/mol. The Kier molecular flexibility index (Phi) is 7.93. The second-order valence-corrected chi connectivity index (χ2v) is 10.2. The number of rotatable bonds is 7. The second-order valence-electron chi connectivity index (χ2n) is 6.69. The highest BCUT2D eigenvalue weighted by atomic mass is 127. The Bertz CT molecular complexity index is 1150. The number of hydrogen-bond donors (Lipinski definition) is 2. The highest BCUT2D eigenvalue weighted by Crippen LogP contribution is 2.35. The van der Waals surface area contributed by atoms with Gasteiger partial charge in [-0.1, -0.05) is 11.6 Å². The summed E-state index contributed by atoms with van der Waals surface area (Å²) in [5.41, 5.74) is -1.35. The SMILES string of the molecule is CCN(N1CCOCC1)S(=O)(=O)c1cc(C(=O)O)c(Nc2ccc(I)cc2Cl)c(F)c1F. The maximum absolute atomic E-state index is 15.1. The molecule has 3 rings (SSSR count). The number of anilines is 2. The molecule has 1 saturated heterocycles. The van der Waals surface area contributed by atoms with Crippen molar-refractivity contribution in [2.24, 2.45) is 0 Å². The number of hydrazine groups is 1. The van der Waals surface area contributed by atoms with Gasteiger partial charge in [0.05, 0.1) is 35.2 Å². The van der Waals surface area contributed by atoms with Crippen molar-refractivity contribution in [2.75, 3.05) is 38.2 Å². The number of hydrogen-bond acceptors (Lipinski definition) is 6. The van der Waals surface area contributed by atoms with Crippen molar-refractivity contribution >= 4 is 61.6 Å². The number of carboxylic acids is 1. The van der Waals surface area contributed by atoms with Crippen LogP contribution in [0, 0.1) is 15.2 Å². The van der Waals surface area contributed by atoms with E-state index in [0.29, 0.717) is 6.07 Å². The maximum atomic E-state index is 15.1. The van der Waals surface area contributed by atoms with E-state index in [1.165, 1.54) is 18.0 Å². The molecular weight excluding hydrogens is 583 g/mol. The molecule has 0 saturated carbocycles. The van der Waals surface area contributed by atoms with Crippen LogP contribution in [0.2, 0.25) is 5.02 Å². The molecule has 1 fully saturated rings. The van der Waals surface area contributed by atoms with E-state index in [2.05, 4.69) is 5.32 Å². The lowest BCUT2D eigenvalue weighted by molar-refractivity contribution is -0.0398. The van der Waals surface area contributed by atoms with Gasteiger partial charge in [-0.05, 0) is 53.8 Å². The average molecular weight is 602 g/mol. The zero-order valence-electron chi connectivity index (χ0n) is 16.7. The van der Waals surface area contributed by atoms with Crippen molar-refractivity contribution in [1.82, 2.24) is 9.42 Å². The standard InChI is InChI=1S/C19H19ClF2IN3O5S/c1-2-26(25-5-7-31-8-6-25)32(29,30)15-10-12(19(27)28)18(17(22)16(15)21)24-14-4-3-11(23)9-13(14)20/h3-4,9-10,24H,2,5-8H2,1H3,(H,27,28). The number of nitrogens with zero attached hydrogens (tertiary/aromatic N) is 2. The van der Waals surface area contributed by atoms with Crippen molar-refractivity contribution in [2.45, 2.75) is 11.8 Å². The number of sulfonamides is 1. The second kappa shape index (κ2) is 10.1. The summed E-state index contributed by atoms with van der Waals surface area (Å²) in [6.07, 6.45) is 0. The van der Waals surface area contributed by atoms with Crippen LogP contribution in [-0.2, 0) is 14.8 Å². The van der Waals surface area contributed by atoms with Crippen LogP contribution in [0.4, 0.5) is 20.2 Å². The predicted octanol–water partition coefficient (Wildman–Crippen LogP) is 3.92. The largest absolute Gasteiger partial charge is 0.478 e. The Labute approximate surface area is 202 Å². The van der Waals surface area contributed by atoms with Crippen LogP contribution in [0.3, 0.4) is 0 Å². The molecule has 0 atom stereocenters. The molecule has 0 bridgehead atoms. The summed E-state index contributed by atoms with van der Waals surface area (Å²) in [5, 5.41) is 13.7. The minimum Gasteiger partial charge on any atom is -0.478 e. The molecule has 1 aliphatic rings. The summed E-state index contributed by atoms with van der Waals surface area (Å²) in [6, 6.07) is 5.25. The van der Waals surface area contributed by atoms with Crippen molar-refractivity contribution in [3.63, 3.8) is 0 Å². The van der Waals surface area contributed by atoms with Crippen LogP contribution >= 0.6 is 34.2 Å². The molecule has 2 aromatic carbocycles. The first-order valence-electron chi connectivity index (χ1n) is 9.40. The number of nitrogens with one attached hydrogen (secondary N) is 1. The first-order valence-corrected chi connectivity index (χ1v) is 12.3. The fourth-order valence-electron chi connectivity index (χ4n) is 3.22. The van der Waals surface area contributed by atoms with Crippen LogP contribution in [0.15, 0.2) is 29.2 Å². The van der Waals surface area contributed by atoms with Gasteiger partial charge in [0.25, 0.3) is 10.0 Å². The molecule has 8 nitrogen and oxygen atoms in total. The van der Waals surface area contributed by atoms with E-state index < -0.39 is 43.8 Å². The van der Waals surface area contributed by atoms with E-state index in [1.807, 2.05) is 22.6 Å². The lowest BCUT2D eigenvalue weighted by atomic mass is 10.1. The molecule has 1 heterocycles.